The van der Waals surface area contributed by atoms with Crippen LogP contribution in [0.1, 0.15) is 60.8 Å². The van der Waals surface area contributed by atoms with E-state index in [0.717, 1.165) is 0 Å². The average molecular weight is 736 g/mol. The quantitative estimate of drug-likeness (QED) is 0.0652. The van der Waals surface area contributed by atoms with Gasteiger partial charge in [-0.2, -0.15) is 0 Å². The van der Waals surface area contributed by atoms with Crippen LogP contribution in [0.25, 0.3) is 11.1 Å². The van der Waals surface area contributed by atoms with Crippen LogP contribution in [0.2, 0.25) is 10.0 Å². The number of amides is 3. The minimum absolute atomic E-state index is 0.172. The Kier molecular flexibility index (Phi) is 13.7. The number of hydrogen-bond donors (Lipinski definition) is 5. The lowest BCUT2D eigenvalue weighted by atomic mass is 10.1. The van der Waals surface area contributed by atoms with Crippen LogP contribution in [0.3, 0.4) is 0 Å². The molecule has 50 heavy (non-hydrogen) atoms. The van der Waals surface area contributed by atoms with Crippen LogP contribution in [-0.2, 0) is 20.8 Å². The van der Waals surface area contributed by atoms with Gasteiger partial charge < -0.3 is 41.0 Å². The fraction of sp³-hybridized carbons (Fsp3) is 0.455. The predicted octanol–water partition coefficient (Wildman–Crippen LogP) is 6.99. The number of nitrogens with zero attached hydrogens (tertiary/aromatic N) is 3. The minimum atomic E-state index is -1.02. The molecule has 0 aliphatic heterocycles. The molecule has 6 N–H and O–H groups in total. The van der Waals surface area contributed by atoms with Gasteiger partial charge in [0.1, 0.15) is 23.1 Å². The molecule has 3 amide bonds. The standard InChI is InChI=1S/C33H44Cl2N8O7/c1-32(2,3)49-30(45)38-14-7-9-24(40-31(46)50-33(4,5)6)29(44)39-25-19-42(18-22(25)21-11-10-20(34)17-23(21)35)16-8-15-37-27-13-12-26(43(47)48)28(36)41-27/h10-13,17-19,24H,7-9,14-16H2,1-6H3,(H,38,45)(H,39,44)(H,40,46)(H3,36,37,41). The summed E-state index contributed by atoms with van der Waals surface area (Å²) in [6, 6.07) is 6.77. The molecular weight excluding hydrogens is 691 g/mol. The van der Waals surface area contributed by atoms with E-state index in [4.69, 9.17) is 38.4 Å². The number of nitrogen functional groups attached to an aromatic ring is 1. The first-order chi connectivity index (χ1) is 23.3. The number of carbonyl (C=O) groups is 3. The first-order valence-electron chi connectivity index (χ1n) is 15.9. The summed E-state index contributed by atoms with van der Waals surface area (Å²) >= 11 is 12.7. The second kappa shape index (κ2) is 17.3. The lowest BCUT2D eigenvalue weighted by Gasteiger charge is -2.23. The van der Waals surface area contributed by atoms with Crippen LogP contribution in [0.5, 0.6) is 0 Å². The van der Waals surface area contributed by atoms with E-state index in [-0.39, 0.29) is 24.5 Å². The average Bonchev–Trinajstić information content (AvgIpc) is 3.36. The summed E-state index contributed by atoms with van der Waals surface area (Å²) in [4.78, 5) is 53.0. The SMILES string of the molecule is CC(C)(C)OC(=O)NCCCC(NC(=O)OC(C)(C)C)C(=O)Nc1cn(CCCNc2ccc([N+](=O)[O-])c(N)n2)cc1-c1ccc(Cl)cc1Cl. The van der Waals surface area contributed by atoms with Gasteiger partial charge in [0.05, 0.1) is 15.6 Å². The summed E-state index contributed by atoms with van der Waals surface area (Å²) in [6.45, 7) is 11.6. The van der Waals surface area contributed by atoms with E-state index in [1.165, 1.54) is 12.1 Å². The number of nitro groups is 1. The van der Waals surface area contributed by atoms with Gasteiger partial charge >= 0.3 is 17.9 Å². The Morgan fingerprint density at radius 3 is 2.26 bits per heavy atom. The third kappa shape index (κ3) is 12.9. The van der Waals surface area contributed by atoms with Gasteiger partial charge in [0.25, 0.3) is 0 Å². The summed E-state index contributed by atoms with van der Waals surface area (Å²) in [5.74, 6) is -0.304. The van der Waals surface area contributed by atoms with E-state index in [0.29, 0.717) is 58.6 Å². The molecule has 0 fully saturated rings. The van der Waals surface area contributed by atoms with Crippen molar-refractivity contribution >= 4 is 64.3 Å². The van der Waals surface area contributed by atoms with E-state index < -0.39 is 40.3 Å². The van der Waals surface area contributed by atoms with E-state index in [1.54, 1.807) is 65.9 Å². The number of rotatable bonds is 14. The Balaban J connectivity index is 1.77. The lowest BCUT2D eigenvalue weighted by molar-refractivity contribution is -0.384. The van der Waals surface area contributed by atoms with Crippen molar-refractivity contribution in [1.82, 2.24) is 20.2 Å². The van der Waals surface area contributed by atoms with E-state index in [2.05, 4.69) is 26.3 Å². The van der Waals surface area contributed by atoms with Crippen molar-refractivity contribution < 1.29 is 28.8 Å². The molecule has 1 aromatic carbocycles. The summed E-state index contributed by atoms with van der Waals surface area (Å²) < 4.78 is 12.5. The third-order valence-corrected chi connectivity index (χ3v) is 7.25. The normalized spacial score (nSPS) is 12.1. The second-order valence-corrected chi connectivity index (χ2v) is 14.2. The number of anilines is 3. The number of nitrogens with one attached hydrogen (secondary N) is 4. The molecule has 2 aromatic heterocycles. The number of ether oxygens (including phenoxy) is 2. The highest BCUT2D eigenvalue weighted by molar-refractivity contribution is 6.36. The zero-order chi connectivity index (χ0) is 37.2. The van der Waals surface area contributed by atoms with Gasteiger partial charge in [0.2, 0.25) is 11.7 Å². The van der Waals surface area contributed by atoms with Crippen LogP contribution < -0.4 is 27.0 Å². The number of benzene rings is 1. The van der Waals surface area contributed by atoms with Crippen LogP contribution >= 0.6 is 23.2 Å². The molecule has 0 aliphatic carbocycles. The number of carbonyl (C=O) groups excluding carboxylic acids is 3. The van der Waals surface area contributed by atoms with E-state index in [1.807, 2.05) is 10.8 Å². The van der Waals surface area contributed by atoms with Crippen molar-refractivity contribution in [2.24, 2.45) is 0 Å². The Bertz CT molecular complexity index is 1690. The smallest absolute Gasteiger partial charge is 0.408 e. The number of alkyl carbamates (subject to hydrolysis) is 2. The number of aromatic nitrogens is 2. The van der Waals surface area contributed by atoms with E-state index >= 15 is 0 Å². The van der Waals surface area contributed by atoms with Gasteiger partial charge in [-0.1, -0.05) is 29.3 Å². The molecule has 0 saturated heterocycles. The van der Waals surface area contributed by atoms with Crippen molar-refractivity contribution in [2.45, 2.75) is 84.6 Å². The molecule has 1 atom stereocenters. The fourth-order valence-corrected chi connectivity index (χ4v) is 5.12. The van der Waals surface area contributed by atoms with Gasteiger partial charge in [-0.3, -0.25) is 14.9 Å². The summed E-state index contributed by atoms with van der Waals surface area (Å²) in [5.41, 5.74) is 5.62. The number of pyridine rings is 1. The fourth-order valence-electron chi connectivity index (χ4n) is 4.61. The minimum Gasteiger partial charge on any atom is -0.444 e. The molecule has 0 spiro atoms. The number of halogens is 2. The van der Waals surface area contributed by atoms with Crippen LogP contribution in [0.4, 0.5) is 32.6 Å². The van der Waals surface area contributed by atoms with Crippen molar-refractivity contribution in [3.05, 3.63) is 62.9 Å². The maximum absolute atomic E-state index is 13.7. The van der Waals surface area contributed by atoms with Crippen molar-refractivity contribution in [1.29, 1.82) is 0 Å². The summed E-state index contributed by atoms with van der Waals surface area (Å²) in [6.07, 6.45) is 3.32. The Morgan fingerprint density at radius 1 is 0.960 bits per heavy atom. The molecule has 0 bridgehead atoms. The number of nitrogens with two attached hydrogens (primary N) is 1. The van der Waals surface area contributed by atoms with Gasteiger partial charge in [-0.15, -0.1) is 0 Å². The number of aryl methyl sites for hydroxylation is 1. The Morgan fingerprint density at radius 2 is 1.64 bits per heavy atom. The molecule has 2 heterocycles. The molecule has 272 valence electrons. The third-order valence-electron chi connectivity index (χ3n) is 6.70. The van der Waals surface area contributed by atoms with Crippen LogP contribution in [0, 0.1) is 10.1 Å². The summed E-state index contributed by atoms with van der Waals surface area (Å²) in [5, 5.41) is 23.2. The Labute approximate surface area is 300 Å². The van der Waals surface area contributed by atoms with Crippen LogP contribution in [-0.4, -0.2) is 62.9 Å². The van der Waals surface area contributed by atoms with Crippen LogP contribution in [0.15, 0.2) is 42.7 Å². The van der Waals surface area contributed by atoms with Gasteiger partial charge in [-0.25, -0.2) is 14.6 Å². The molecule has 15 nitrogen and oxygen atoms in total. The molecule has 3 aromatic rings. The largest absolute Gasteiger partial charge is 0.444 e. The molecule has 0 aliphatic rings. The summed E-state index contributed by atoms with van der Waals surface area (Å²) in [7, 11) is 0. The molecule has 1 unspecified atom stereocenters. The predicted molar refractivity (Wildman–Crippen MR) is 194 cm³/mol. The van der Waals surface area contributed by atoms with Gasteiger partial charge in [0, 0.05) is 54.2 Å². The van der Waals surface area contributed by atoms with Crippen molar-refractivity contribution in [2.75, 3.05) is 29.5 Å². The Hall–Kier alpha value is -4.76. The molecule has 17 heteroatoms. The topological polar surface area (TPSA) is 205 Å². The molecule has 0 saturated carbocycles. The molecule has 3 rings (SSSR count). The number of hydrogen-bond acceptors (Lipinski definition) is 10. The van der Waals surface area contributed by atoms with Gasteiger partial charge in [-0.05, 0) is 79.0 Å². The highest BCUT2D eigenvalue weighted by Gasteiger charge is 2.26. The highest BCUT2D eigenvalue weighted by atomic mass is 35.5. The monoisotopic (exact) mass is 734 g/mol. The zero-order valence-corrected chi connectivity index (χ0v) is 30.4. The lowest BCUT2D eigenvalue weighted by Crippen LogP contribution is -2.46. The maximum Gasteiger partial charge on any atom is 0.408 e. The zero-order valence-electron chi connectivity index (χ0n) is 28.9. The second-order valence-electron chi connectivity index (χ2n) is 13.3. The molecular formula is C33H44Cl2N8O7. The van der Waals surface area contributed by atoms with Gasteiger partial charge in [0.15, 0.2) is 0 Å². The first-order valence-corrected chi connectivity index (χ1v) is 16.6. The first kappa shape index (κ1) is 39.7. The van der Waals surface area contributed by atoms with E-state index in [9.17, 15) is 24.5 Å². The van der Waals surface area contributed by atoms with Crippen molar-refractivity contribution in [3.8, 4) is 11.1 Å². The van der Waals surface area contributed by atoms with Crippen molar-refractivity contribution in [3.63, 3.8) is 0 Å². The highest BCUT2D eigenvalue weighted by Crippen LogP contribution is 2.36. The maximum atomic E-state index is 13.7. The molecule has 0 radical (unpaired) electrons.